The van der Waals surface area contributed by atoms with E-state index in [4.69, 9.17) is 5.73 Å². The topological polar surface area (TPSA) is 46.3 Å². The van der Waals surface area contributed by atoms with Crippen LogP contribution in [-0.4, -0.2) is 28.9 Å². The fourth-order valence-electron chi connectivity index (χ4n) is 3.08. The Balaban J connectivity index is 0.00000144. The summed E-state index contributed by atoms with van der Waals surface area (Å²) in [6, 6.07) is 0.392. The average Bonchev–Trinajstić information content (AvgIpc) is 2.30. The zero-order valence-electron chi connectivity index (χ0n) is 10.8. The molecule has 0 spiro atoms. The summed E-state index contributed by atoms with van der Waals surface area (Å²) in [4.78, 5) is 14.5. The Morgan fingerprint density at radius 2 is 1.82 bits per heavy atom. The van der Waals surface area contributed by atoms with Gasteiger partial charge in [-0.3, -0.25) is 4.79 Å². The molecule has 1 saturated heterocycles. The lowest BCUT2D eigenvalue weighted by Gasteiger charge is -2.41. The number of rotatable bonds is 1. The summed E-state index contributed by atoms with van der Waals surface area (Å²) in [6.07, 6.45) is 8.78. The first-order valence-corrected chi connectivity index (χ1v) is 6.73. The van der Waals surface area contributed by atoms with Gasteiger partial charge in [0, 0.05) is 12.6 Å². The molecule has 1 aliphatic carbocycles. The molecule has 2 aliphatic rings. The molecule has 0 bridgehead atoms. The maximum Gasteiger partial charge on any atom is 0.242 e. The van der Waals surface area contributed by atoms with Crippen molar-refractivity contribution < 1.29 is 4.79 Å². The molecule has 17 heavy (non-hydrogen) atoms. The largest absolute Gasteiger partial charge is 0.338 e. The van der Waals surface area contributed by atoms with Crippen LogP contribution in [0.4, 0.5) is 0 Å². The van der Waals surface area contributed by atoms with E-state index >= 15 is 0 Å². The molecule has 1 amide bonds. The Bertz CT molecular complexity index is 264. The molecule has 0 radical (unpaired) electrons. The molecule has 1 unspecified atom stereocenters. The van der Waals surface area contributed by atoms with Crippen LogP contribution >= 0.6 is 12.4 Å². The molecule has 3 nitrogen and oxygen atoms in total. The predicted molar refractivity (Wildman–Crippen MR) is 72.3 cm³/mol. The molecule has 0 aromatic rings. The molecular weight excluding hydrogens is 236 g/mol. The smallest absolute Gasteiger partial charge is 0.242 e. The molecule has 100 valence electrons. The van der Waals surface area contributed by atoms with Crippen molar-refractivity contribution >= 4 is 18.3 Å². The zero-order chi connectivity index (χ0) is 11.6. The summed E-state index contributed by atoms with van der Waals surface area (Å²) in [5.41, 5.74) is 5.77. The van der Waals surface area contributed by atoms with Gasteiger partial charge >= 0.3 is 0 Å². The van der Waals surface area contributed by atoms with Crippen LogP contribution in [-0.2, 0) is 4.79 Å². The van der Waals surface area contributed by atoms with E-state index in [-0.39, 0.29) is 18.3 Å². The van der Waals surface area contributed by atoms with Crippen LogP contribution in [0.15, 0.2) is 0 Å². The number of hydrogen-bond donors (Lipinski definition) is 1. The van der Waals surface area contributed by atoms with Crippen LogP contribution in [0.5, 0.6) is 0 Å². The Labute approximate surface area is 111 Å². The van der Waals surface area contributed by atoms with Gasteiger partial charge in [0.05, 0.1) is 5.54 Å². The lowest BCUT2D eigenvalue weighted by atomic mass is 9.81. The second-order valence-electron chi connectivity index (χ2n) is 5.56. The maximum absolute atomic E-state index is 12.5. The SMILES string of the molecule is CC1CCCCN1C(=O)C1(N)CCCCC1.Cl. The molecule has 1 aliphatic heterocycles. The molecule has 1 saturated carbocycles. The van der Waals surface area contributed by atoms with Crippen LogP contribution in [0.1, 0.15) is 58.3 Å². The van der Waals surface area contributed by atoms with E-state index in [0.717, 1.165) is 45.1 Å². The van der Waals surface area contributed by atoms with Crippen molar-refractivity contribution in [2.24, 2.45) is 5.73 Å². The first kappa shape index (κ1) is 14.8. The number of piperidine rings is 1. The fraction of sp³-hybridized carbons (Fsp3) is 0.923. The Hall–Kier alpha value is -0.280. The number of likely N-dealkylation sites (tertiary alicyclic amines) is 1. The predicted octanol–water partition coefficient (Wildman–Crippen LogP) is 2.47. The third kappa shape index (κ3) is 3.14. The molecule has 1 atom stereocenters. The number of nitrogens with two attached hydrogens (primary N) is 1. The average molecular weight is 261 g/mol. The Morgan fingerprint density at radius 3 is 2.41 bits per heavy atom. The number of nitrogens with zero attached hydrogens (tertiary/aromatic N) is 1. The van der Waals surface area contributed by atoms with Gasteiger partial charge in [-0.25, -0.2) is 0 Å². The molecule has 0 aromatic carbocycles. The molecular formula is C13H25ClN2O. The highest BCUT2D eigenvalue weighted by Gasteiger charge is 2.40. The van der Waals surface area contributed by atoms with Crippen molar-refractivity contribution in [1.29, 1.82) is 0 Å². The number of carbonyl (C=O) groups excluding carboxylic acids is 1. The number of hydrogen-bond acceptors (Lipinski definition) is 2. The summed E-state index contributed by atoms with van der Waals surface area (Å²) in [7, 11) is 0. The first-order valence-electron chi connectivity index (χ1n) is 6.73. The molecule has 0 aromatic heterocycles. The highest BCUT2D eigenvalue weighted by atomic mass is 35.5. The van der Waals surface area contributed by atoms with Gasteiger partial charge in [-0.1, -0.05) is 19.3 Å². The van der Waals surface area contributed by atoms with E-state index < -0.39 is 5.54 Å². The summed E-state index contributed by atoms with van der Waals surface area (Å²) >= 11 is 0. The van der Waals surface area contributed by atoms with Crippen LogP contribution in [0, 0.1) is 0 Å². The van der Waals surface area contributed by atoms with Crippen molar-refractivity contribution in [2.75, 3.05) is 6.54 Å². The summed E-state index contributed by atoms with van der Waals surface area (Å²) < 4.78 is 0. The van der Waals surface area contributed by atoms with Gasteiger partial charge in [0.15, 0.2) is 0 Å². The summed E-state index contributed by atoms with van der Waals surface area (Å²) in [5.74, 6) is 0.222. The number of halogens is 1. The van der Waals surface area contributed by atoms with E-state index in [1.165, 1.54) is 12.8 Å². The van der Waals surface area contributed by atoms with E-state index in [1.54, 1.807) is 0 Å². The highest BCUT2D eigenvalue weighted by Crippen LogP contribution is 2.30. The van der Waals surface area contributed by atoms with Crippen LogP contribution in [0.2, 0.25) is 0 Å². The van der Waals surface area contributed by atoms with Gasteiger partial charge < -0.3 is 10.6 Å². The second-order valence-corrected chi connectivity index (χ2v) is 5.56. The zero-order valence-corrected chi connectivity index (χ0v) is 11.6. The third-order valence-corrected chi connectivity index (χ3v) is 4.24. The van der Waals surface area contributed by atoms with Gasteiger partial charge in [0.2, 0.25) is 5.91 Å². The minimum Gasteiger partial charge on any atom is -0.338 e. The Morgan fingerprint density at radius 1 is 1.18 bits per heavy atom. The Kier molecular flexibility index (Phi) is 5.26. The van der Waals surface area contributed by atoms with Crippen molar-refractivity contribution in [3.8, 4) is 0 Å². The molecule has 2 rings (SSSR count). The molecule has 4 heteroatoms. The maximum atomic E-state index is 12.5. The monoisotopic (exact) mass is 260 g/mol. The van der Waals surface area contributed by atoms with E-state index in [0.29, 0.717) is 6.04 Å². The third-order valence-electron chi connectivity index (χ3n) is 4.24. The van der Waals surface area contributed by atoms with Crippen molar-refractivity contribution in [3.63, 3.8) is 0 Å². The molecule has 2 fully saturated rings. The number of carbonyl (C=O) groups is 1. The van der Waals surface area contributed by atoms with Gasteiger partial charge in [-0.15, -0.1) is 12.4 Å². The van der Waals surface area contributed by atoms with Gasteiger partial charge in [0.1, 0.15) is 0 Å². The van der Waals surface area contributed by atoms with E-state index in [2.05, 4.69) is 6.92 Å². The van der Waals surface area contributed by atoms with Crippen molar-refractivity contribution in [2.45, 2.75) is 69.9 Å². The van der Waals surface area contributed by atoms with Crippen molar-refractivity contribution in [3.05, 3.63) is 0 Å². The fourth-order valence-corrected chi connectivity index (χ4v) is 3.08. The van der Waals surface area contributed by atoms with E-state index in [9.17, 15) is 4.79 Å². The molecule has 1 heterocycles. The summed E-state index contributed by atoms with van der Waals surface area (Å²) in [6.45, 7) is 3.07. The standard InChI is InChI=1S/C13H24N2O.ClH/c1-11-7-3-6-10-15(11)12(16)13(14)8-4-2-5-9-13;/h11H,2-10,14H2,1H3;1H. The lowest BCUT2D eigenvalue weighted by molar-refractivity contribution is -0.141. The second kappa shape index (κ2) is 6.05. The van der Waals surface area contributed by atoms with Crippen LogP contribution < -0.4 is 5.73 Å². The van der Waals surface area contributed by atoms with Gasteiger partial charge in [-0.05, 0) is 39.0 Å². The molecule has 2 N–H and O–H groups in total. The minimum absolute atomic E-state index is 0. The van der Waals surface area contributed by atoms with Crippen LogP contribution in [0.3, 0.4) is 0 Å². The normalized spacial score (nSPS) is 28.4. The van der Waals surface area contributed by atoms with Gasteiger partial charge in [-0.2, -0.15) is 0 Å². The first-order chi connectivity index (χ1) is 7.63. The lowest BCUT2D eigenvalue weighted by Crippen LogP contribution is -2.59. The quantitative estimate of drug-likeness (QED) is 0.787. The van der Waals surface area contributed by atoms with E-state index in [1.807, 2.05) is 4.90 Å². The minimum atomic E-state index is -0.538. The summed E-state index contributed by atoms with van der Waals surface area (Å²) in [5, 5.41) is 0. The van der Waals surface area contributed by atoms with Crippen LogP contribution in [0.25, 0.3) is 0 Å². The highest BCUT2D eigenvalue weighted by molar-refractivity contribution is 5.86. The van der Waals surface area contributed by atoms with Crippen molar-refractivity contribution in [1.82, 2.24) is 4.90 Å². The number of amides is 1. The van der Waals surface area contributed by atoms with Gasteiger partial charge in [0.25, 0.3) is 0 Å².